The molecule has 0 aliphatic rings. The van der Waals surface area contributed by atoms with Crippen molar-refractivity contribution in [3.8, 4) is 0 Å². The first-order valence-electron chi connectivity index (χ1n) is 6.86. The molecule has 3 heterocycles. The molecule has 0 aliphatic carbocycles. The van der Waals surface area contributed by atoms with Crippen LogP contribution in [0.3, 0.4) is 0 Å². The van der Waals surface area contributed by atoms with Crippen LogP contribution in [0.1, 0.15) is 18.2 Å². The van der Waals surface area contributed by atoms with Crippen LogP contribution in [0.4, 0.5) is 0 Å². The number of imidazole rings is 1. The van der Waals surface area contributed by atoms with Gasteiger partial charge >= 0.3 is 0 Å². The summed E-state index contributed by atoms with van der Waals surface area (Å²) in [5.41, 5.74) is 3.29. The highest BCUT2D eigenvalue weighted by molar-refractivity contribution is 5.47. The monoisotopic (exact) mass is 269 g/mol. The molecule has 0 fully saturated rings. The van der Waals surface area contributed by atoms with Gasteiger partial charge in [0.2, 0.25) is 0 Å². The average molecular weight is 269 g/mol. The minimum atomic E-state index is 0.348. The molecule has 5 heteroatoms. The van der Waals surface area contributed by atoms with E-state index in [0.29, 0.717) is 6.04 Å². The van der Waals surface area contributed by atoms with Gasteiger partial charge in [-0.2, -0.15) is 5.10 Å². The summed E-state index contributed by atoms with van der Waals surface area (Å²) in [5.74, 6) is 0. The summed E-state index contributed by atoms with van der Waals surface area (Å²) in [5, 5.41) is 7.70. The zero-order valence-electron chi connectivity index (χ0n) is 11.8. The number of rotatable bonds is 5. The smallest absolute Gasteiger partial charge is 0.139 e. The predicted molar refractivity (Wildman–Crippen MR) is 78.5 cm³/mol. The lowest BCUT2D eigenvalue weighted by atomic mass is 10.3. The van der Waals surface area contributed by atoms with Crippen LogP contribution in [0.15, 0.2) is 43.0 Å². The lowest BCUT2D eigenvalue weighted by Gasteiger charge is -2.12. The van der Waals surface area contributed by atoms with E-state index in [1.54, 1.807) is 6.20 Å². The van der Waals surface area contributed by atoms with Gasteiger partial charge in [-0.25, -0.2) is 4.98 Å². The van der Waals surface area contributed by atoms with Gasteiger partial charge in [-0.3, -0.25) is 4.68 Å². The zero-order chi connectivity index (χ0) is 13.9. The number of pyridine rings is 1. The van der Waals surface area contributed by atoms with Crippen molar-refractivity contribution in [2.24, 2.45) is 0 Å². The van der Waals surface area contributed by atoms with E-state index in [1.165, 1.54) is 5.56 Å². The van der Waals surface area contributed by atoms with E-state index in [1.807, 2.05) is 29.2 Å². The SMILES string of the molecule is Cc1cccn2cc(CN[C@@H](C)Cn3cccn3)nc12. The summed E-state index contributed by atoms with van der Waals surface area (Å²) >= 11 is 0. The number of aryl methyl sites for hydroxylation is 1. The second-order valence-corrected chi connectivity index (χ2v) is 5.16. The van der Waals surface area contributed by atoms with Gasteiger partial charge < -0.3 is 9.72 Å². The van der Waals surface area contributed by atoms with E-state index in [9.17, 15) is 0 Å². The van der Waals surface area contributed by atoms with Crippen molar-refractivity contribution in [1.29, 1.82) is 0 Å². The van der Waals surface area contributed by atoms with Crippen LogP contribution < -0.4 is 5.32 Å². The lowest BCUT2D eigenvalue weighted by molar-refractivity contribution is 0.449. The maximum absolute atomic E-state index is 4.66. The van der Waals surface area contributed by atoms with Gasteiger partial charge in [0.1, 0.15) is 5.65 Å². The molecule has 0 amide bonds. The van der Waals surface area contributed by atoms with E-state index in [2.05, 4.69) is 45.9 Å². The molecule has 0 bridgehead atoms. The number of hydrogen-bond acceptors (Lipinski definition) is 3. The molecule has 0 aliphatic heterocycles. The maximum atomic E-state index is 4.66. The topological polar surface area (TPSA) is 47.1 Å². The van der Waals surface area contributed by atoms with Crippen LogP contribution in [-0.4, -0.2) is 25.2 Å². The molecule has 3 aromatic heterocycles. The van der Waals surface area contributed by atoms with Crippen molar-refractivity contribution in [2.45, 2.75) is 33.0 Å². The largest absolute Gasteiger partial charge is 0.307 e. The van der Waals surface area contributed by atoms with Crippen LogP contribution >= 0.6 is 0 Å². The number of nitrogens with one attached hydrogen (secondary N) is 1. The summed E-state index contributed by atoms with van der Waals surface area (Å²) < 4.78 is 4.01. The molecular weight excluding hydrogens is 250 g/mol. The van der Waals surface area contributed by atoms with E-state index in [4.69, 9.17) is 0 Å². The number of nitrogens with zero attached hydrogens (tertiary/aromatic N) is 4. The van der Waals surface area contributed by atoms with Gasteiger partial charge in [0.25, 0.3) is 0 Å². The molecule has 3 rings (SSSR count). The van der Waals surface area contributed by atoms with Crippen molar-refractivity contribution in [3.05, 3.63) is 54.2 Å². The van der Waals surface area contributed by atoms with Gasteiger partial charge in [0, 0.05) is 37.4 Å². The molecule has 0 unspecified atom stereocenters. The number of fused-ring (bicyclic) bond motifs is 1. The van der Waals surface area contributed by atoms with Crippen molar-refractivity contribution >= 4 is 5.65 Å². The Kier molecular flexibility index (Phi) is 3.52. The second kappa shape index (κ2) is 5.46. The van der Waals surface area contributed by atoms with E-state index < -0.39 is 0 Å². The molecule has 104 valence electrons. The van der Waals surface area contributed by atoms with Gasteiger partial charge in [-0.15, -0.1) is 0 Å². The third-order valence-corrected chi connectivity index (χ3v) is 3.38. The molecule has 0 radical (unpaired) electrons. The van der Waals surface area contributed by atoms with Crippen LogP contribution in [0, 0.1) is 6.92 Å². The standard InChI is InChI=1S/C15H19N5/c1-12-5-3-7-19-11-14(18-15(12)19)9-16-13(2)10-20-8-4-6-17-20/h3-8,11,13,16H,9-10H2,1-2H3/t13-/m0/s1. The fourth-order valence-electron chi connectivity index (χ4n) is 2.32. The molecule has 20 heavy (non-hydrogen) atoms. The van der Waals surface area contributed by atoms with Crippen molar-refractivity contribution in [3.63, 3.8) is 0 Å². The first-order chi connectivity index (χ1) is 9.72. The van der Waals surface area contributed by atoms with Crippen LogP contribution in [0.2, 0.25) is 0 Å². The van der Waals surface area contributed by atoms with Gasteiger partial charge in [0.05, 0.1) is 12.2 Å². The fraction of sp³-hybridized carbons (Fsp3) is 0.333. The van der Waals surface area contributed by atoms with E-state index in [-0.39, 0.29) is 0 Å². The van der Waals surface area contributed by atoms with Crippen LogP contribution in [-0.2, 0) is 13.1 Å². The molecule has 0 spiro atoms. The quantitative estimate of drug-likeness (QED) is 0.771. The Morgan fingerprint density at radius 3 is 2.95 bits per heavy atom. The fourth-order valence-corrected chi connectivity index (χ4v) is 2.32. The first kappa shape index (κ1) is 12.9. The predicted octanol–water partition coefficient (Wildman–Crippen LogP) is 2.02. The lowest BCUT2D eigenvalue weighted by Crippen LogP contribution is -2.30. The minimum absolute atomic E-state index is 0.348. The second-order valence-electron chi connectivity index (χ2n) is 5.16. The maximum Gasteiger partial charge on any atom is 0.139 e. The molecule has 1 atom stereocenters. The number of hydrogen-bond donors (Lipinski definition) is 1. The van der Waals surface area contributed by atoms with Crippen LogP contribution in [0.25, 0.3) is 5.65 Å². The Labute approximate surface area is 118 Å². The highest BCUT2D eigenvalue weighted by atomic mass is 15.3. The first-order valence-corrected chi connectivity index (χ1v) is 6.86. The summed E-state index contributed by atoms with van der Waals surface area (Å²) in [4.78, 5) is 4.66. The molecule has 5 nitrogen and oxygen atoms in total. The van der Waals surface area contributed by atoms with Gasteiger partial charge in [-0.1, -0.05) is 6.07 Å². The highest BCUT2D eigenvalue weighted by Crippen LogP contribution is 2.09. The summed E-state index contributed by atoms with van der Waals surface area (Å²) in [6.45, 7) is 5.87. The molecule has 1 N–H and O–H groups in total. The van der Waals surface area contributed by atoms with Gasteiger partial charge in [-0.05, 0) is 31.5 Å². The summed E-state index contributed by atoms with van der Waals surface area (Å²) in [7, 11) is 0. The summed E-state index contributed by atoms with van der Waals surface area (Å²) in [6, 6.07) is 6.42. The highest BCUT2D eigenvalue weighted by Gasteiger charge is 2.06. The van der Waals surface area contributed by atoms with E-state index in [0.717, 1.165) is 24.4 Å². The van der Waals surface area contributed by atoms with Crippen molar-refractivity contribution in [2.75, 3.05) is 0 Å². The van der Waals surface area contributed by atoms with Crippen molar-refractivity contribution in [1.82, 2.24) is 24.5 Å². The Balaban J connectivity index is 1.63. The third-order valence-electron chi connectivity index (χ3n) is 3.38. The van der Waals surface area contributed by atoms with E-state index >= 15 is 0 Å². The average Bonchev–Trinajstić information content (AvgIpc) is 3.06. The number of aromatic nitrogens is 4. The van der Waals surface area contributed by atoms with Crippen LogP contribution in [0.5, 0.6) is 0 Å². The Morgan fingerprint density at radius 2 is 2.20 bits per heavy atom. The Bertz CT molecular complexity index is 683. The molecule has 0 saturated carbocycles. The molecule has 0 saturated heterocycles. The van der Waals surface area contributed by atoms with Gasteiger partial charge in [0.15, 0.2) is 0 Å². The third kappa shape index (κ3) is 2.72. The Morgan fingerprint density at radius 1 is 1.30 bits per heavy atom. The molecule has 3 aromatic rings. The molecular formula is C15H19N5. The van der Waals surface area contributed by atoms with Crippen molar-refractivity contribution < 1.29 is 0 Å². The zero-order valence-corrected chi connectivity index (χ0v) is 11.8. The molecule has 0 aromatic carbocycles. The Hall–Kier alpha value is -2.14. The summed E-state index contributed by atoms with van der Waals surface area (Å²) in [6.07, 6.45) is 7.89. The normalized spacial score (nSPS) is 12.9. The minimum Gasteiger partial charge on any atom is -0.307 e.